The van der Waals surface area contributed by atoms with E-state index < -0.39 is 11.7 Å². The van der Waals surface area contributed by atoms with Gasteiger partial charge in [0, 0.05) is 14.1 Å². The second-order valence-electron chi connectivity index (χ2n) is 1.76. The molecule has 0 heterocycles. The summed E-state index contributed by atoms with van der Waals surface area (Å²) < 4.78 is 0. The van der Waals surface area contributed by atoms with Crippen LogP contribution in [0.3, 0.4) is 0 Å². The topological polar surface area (TPSA) is 37.4 Å². The Morgan fingerprint density at radius 3 is 2.00 bits per heavy atom. The van der Waals surface area contributed by atoms with Crippen molar-refractivity contribution in [2.24, 2.45) is 0 Å². The Morgan fingerprint density at radius 2 is 1.89 bits per heavy atom. The normalized spacial score (nSPS) is 8.78. The van der Waals surface area contributed by atoms with E-state index in [2.05, 4.69) is 0 Å². The van der Waals surface area contributed by atoms with Gasteiger partial charge in [-0.15, -0.1) is 11.6 Å². The van der Waals surface area contributed by atoms with Gasteiger partial charge in [0.25, 0.3) is 5.91 Å². The van der Waals surface area contributed by atoms with Crippen molar-refractivity contribution in [3.8, 4) is 0 Å². The van der Waals surface area contributed by atoms with Gasteiger partial charge in [-0.3, -0.25) is 9.59 Å². The summed E-state index contributed by atoms with van der Waals surface area (Å²) >= 11 is 5.09. The zero-order valence-electron chi connectivity index (χ0n) is 5.35. The molecule has 0 bridgehead atoms. The Morgan fingerprint density at radius 1 is 1.44 bits per heavy atom. The number of hydrogen-bond donors (Lipinski definition) is 0. The molecule has 0 aliphatic heterocycles. The fourth-order valence-electron chi connectivity index (χ4n) is 0.307. The van der Waals surface area contributed by atoms with Crippen molar-refractivity contribution in [3.63, 3.8) is 0 Å². The van der Waals surface area contributed by atoms with Crippen molar-refractivity contribution in [3.05, 3.63) is 0 Å². The largest absolute Gasteiger partial charge is 0.342 e. The van der Waals surface area contributed by atoms with Crippen molar-refractivity contribution in [1.82, 2.24) is 4.90 Å². The van der Waals surface area contributed by atoms with Crippen LogP contribution in [0.5, 0.6) is 0 Å². The maximum atomic E-state index is 10.6. The number of likely N-dealkylation sites (N-methyl/N-ethyl adjacent to an activating group) is 1. The highest BCUT2D eigenvalue weighted by atomic mass is 35.5. The van der Waals surface area contributed by atoms with Gasteiger partial charge < -0.3 is 4.90 Å². The van der Waals surface area contributed by atoms with Crippen LogP contribution < -0.4 is 0 Å². The van der Waals surface area contributed by atoms with Gasteiger partial charge in [0.15, 0.2) is 0 Å². The number of amides is 1. The highest BCUT2D eigenvalue weighted by Gasteiger charge is 2.12. The minimum atomic E-state index is -0.568. The number of nitrogens with zero attached hydrogens (tertiary/aromatic N) is 1. The van der Waals surface area contributed by atoms with Crippen molar-refractivity contribution >= 4 is 23.3 Å². The molecule has 3 nitrogen and oxygen atoms in total. The lowest BCUT2D eigenvalue weighted by molar-refractivity contribution is -0.141. The number of Topliss-reactive ketones (excluding diaryl/α,β-unsaturated/α-hetero) is 1. The van der Waals surface area contributed by atoms with Crippen molar-refractivity contribution < 1.29 is 9.59 Å². The monoisotopic (exact) mass is 149 g/mol. The van der Waals surface area contributed by atoms with Crippen LogP contribution >= 0.6 is 11.6 Å². The van der Waals surface area contributed by atoms with Crippen LogP contribution in [0.1, 0.15) is 0 Å². The minimum absolute atomic E-state index is 0.239. The van der Waals surface area contributed by atoms with E-state index in [0.29, 0.717) is 0 Å². The second kappa shape index (κ2) is 3.45. The van der Waals surface area contributed by atoms with E-state index in [9.17, 15) is 9.59 Å². The standard InChI is InChI=1S/C5H8ClNO2/c1-7(2)5(9)4(8)3-6/h3H2,1-2H3. The Bertz CT molecular complexity index is 133. The summed E-state index contributed by atoms with van der Waals surface area (Å²) in [5.41, 5.74) is 0. The molecule has 0 aliphatic carbocycles. The van der Waals surface area contributed by atoms with E-state index in [-0.39, 0.29) is 5.88 Å². The lowest BCUT2D eigenvalue weighted by Gasteiger charge is -2.05. The average molecular weight is 150 g/mol. The van der Waals surface area contributed by atoms with E-state index >= 15 is 0 Å². The maximum Gasteiger partial charge on any atom is 0.290 e. The molecule has 52 valence electrons. The molecule has 0 unspecified atom stereocenters. The van der Waals surface area contributed by atoms with E-state index in [1.807, 2.05) is 0 Å². The summed E-state index contributed by atoms with van der Waals surface area (Å²) in [7, 11) is 3.01. The molecular weight excluding hydrogens is 142 g/mol. The number of alkyl halides is 1. The summed E-state index contributed by atoms with van der Waals surface area (Å²) in [6, 6.07) is 0. The molecule has 0 aromatic heterocycles. The van der Waals surface area contributed by atoms with Gasteiger partial charge in [-0.1, -0.05) is 0 Å². The Labute approximate surface area is 58.6 Å². The highest BCUT2D eigenvalue weighted by Crippen LogP contribution is 1.84. The molecule has 9 heavy (non-hydrogen) atoms. The zero-order chi connectivity index (χ0) is 7.44. The van der Waals surface area contributed by atoms with Crippen LogP contribution in [-0.4, -0.2) is 36.6 Å². The van der Waals surface area contributed by atoms with Gasteiger partial charge in [0.2, 0.25) is 5.78 Å². The van der Waals surface area contributed by atoms with Crippen LogP contribution in [0.15, 0.2) is 0 Å². The van der Waals surface area contributed by atoms with Crippen molar-refractivity contribution in [1.29, 1.82) is 0 Å². The number of halogens is 1. The molecule has 0 saturated carbocycles. The SMILES string of the molecule is CN(C)C(=O)C(=O)CCl. The summed E-state index contributed by atoms with van der Waals surface area (Å²) in [4.78, 5) is 22.2. The third-order valence-electron chi connectivity index (χ3n) is 0.766. The Hall–Kier alpha value is -0.570. The van der Waals surface area contributed by atoms with Gasteiger partial charge in [-0.25, -0.2) is 0 Å². The lowest BCUT2D eigenvalue weighted by Crippen LogP contribution is -2.30. The highest BCUT2D eigenvalue weighted by molar-refractivity contribution is 6.46. The molecule has 0 spiro atoms. The van der Waals surface area contributed by atoms with E-state index in [1.54, 1.807) is 0 Å². The Kier molecular flexibility index (Phi) is 3.24. The maximum absolute atomic E-state index is 10.6. The predicted molar refractivity (Wildman–Crippen MR) is 34.4 cm³/mol. The van der Waals surface area contributed by atoms with Crippen LogP contribution in [0.4, 0.5) is 0 Å². The van der Waals surface area contributed by atoms with Crippen molar-refractivity contribution in [2.45, 2.75) is 0 Å². The molecule has 1 amide bonds. The van der Waals surface area contributed by atoms with E-state index in [4.69, 9.17) is 11.6 Å². The van der Waals surface area contributed by atoms with E-state index in [0.717, 1.165) is 0 Å². The quantitative estimate of drug-likeness (QED) is 0.406. The van der Waals surface area contributed by atoms with Crippen LogP contribution in [0.25, 0.3) is 0 Å². The number of carbonyl (C=O) groups is 2. The number of carbonyl (C=O) groups excluding carboxylic acids is 2. The van der Waals surface area contributed by atoms with Gasteiger partial charge in [-0.05, 0) is 0 Å². The minimum Gasteiger partial charge on any atom is -0.342 e. The van der Waals surface area contributed by atoms with Gasteiger partial charge in [-0.2, -0.15) is 0 Å². The molecule has 0 aromatic carbocycles. The fourth-order valence-corrected chi connectivity index (χ4v) is 0.421. The van der Waals surface area contributed by atoms with Crippen LogP contribution in [0, 0.1) is 0 Å². The Balaban J connectivity index is 3.89. The molecule has 0 rings (SSSR count). The number of ketones is 1. The summed E-state index contributed by atoms with van der Waals surface area (Å²) in [5.74, 6) is -1.36. The molecule has 0 aliphatic rings. The predicted octanol–water partition coefficient (Wildman–Crippen LogP) is -0.118. The smallest absolute Gasteiger partial charge is 0.290 e. The van der Waals surface area contributed by atoms with Crippen LogP contribution in [0.2, 0.25) is 0 Å². The lowest BCUT2D eigenvalue weighted by atomic mass is 10.4. The van der Waals surface area contributed by atoms with E-state index in [1.165, 1.54) is 19.0 Å². The summed E-state index contributed by atoms with van der Waals surface area (Å²) in [6.07, 6.45) is 0. The first-order valence-electron chi connectivity index (χ1n) is 2.40. The molecule has 0 radical (unpaired) electrons. The van der Waals surface area contributed by atoms with Gasteiger partial charge in [0.05, 0.1) is 5.88 Å². The first-order chi connectivity index (χ1) is 4.09. The number of hydrogen-bond acceptors (Lipinski definition) is 2. The zero-order valence-corrected chi connectivity index (χ0v) is 6.10. The first-order valence-corrected chi connectivity index (χ1v) is 2.93. The molecular formula is C5H8ClNO2. The summed E-state index contributed by atoms with van der Waals surface area (Å²) in [5, 5.41) is 0. The van der Waals surface area contributed by atoms with Crippen LogP contribution in [-0.2, 0) is 9.59 Å². The number of rotatable bonds is 2. The molecule has 0 atom stereocenters. The third-order valence-corrected chi connectivity index (χ3v) is 1.01. The first kappa shape index (κ1) is 8.43. The molecule has 0 fully saturated rings. The third kappa shape index (κ3) is 2.46. The molecule has 0 N–H and O–H groups in total. The molecule has 0 saturated heterocycles. The molecule has 4 heteroatoms. The van der Waals surface area contributed by atoms with Crippen molar-refractivity contribution in [2.75, 3.05) is 20.0 Å². The molecule has 0 aromatic rings. The summed E-state index contributed by atoms with van der Waals surface area (Å²) in [6.45, 7) is 0. The fraction of sp³-hybridized carbons (Fsp3) is 0.600. The van der Waals surface area contributed by atoms with Gasteiger partial charge >= 0.3 is 0 Å². The van der Waals surface area contributed by atoms with Gasteiger partial charge in [0.1, 0.15) is 0 Å². The second-order valence-corrected chi connectivity index (χ2v) is 2.02. The average Bonchev–Trinajstić information content (AvgIpc) is 1.84.